The van der Waals surface area contributed by atoms with E-state index in [2.05, 4.69) is 19.9 Å². The van der Waals surface area contributed by atoms with Crippen molar-refractivity contribution in [2.75, 3.05) is 0 Å². The van der Waals surface area contributed by atoms with Crippen LogP contribution in [0, 0.1) is 0 Å². The number of para-hydroxylation sites is 4. The SMILES string of the molecule is CC.CC.CC.CC.O=c1[nH]c2ccccc2c2c1Cc1c(c(=O)[nH]c3ccccc13)C2.O=c1[nH]c2ccccc2c2cc3c(=O)[nH]c4ccccc4c3cc12. The highest BCUT2D eigenvalue weighted by atomic mass is 16.1. The van der Waals surface area contributed by atoms with Crippen LogP contribution in [0.2, 0.25) is 0 Å². The average Bonchev–Trinajstić information content (AvgIpc) is 3.26. The molecule has 286 valence electrons. The van der Waals surface area contributed by atoms with E-state index in [1.807, 2.05) is 165 Å². The summed E-state index contributed by atoms with van der Waals surface area (Å²) in [5.74, 6) is 0. The molecule has 0 fully saturated rings. The van der Waals surface area contributed by atoms with Gasteiger partial charge >= 0.3 is 0 Å². The molecule has 4 heterocycles. The van der Waals surface area contributed by atoms with E-state index in [0.29, 0.717) is 23.6 Å². The third-order valence-electron chi connectivity index (χ3n) is 9.56. The molecule has 1 aliphatic rings. The molecular weight excluding hydrogens is 697 g/mol. The lowest BCUT2D eigenvalue weighted by Crippen LogP contribution is -2.26. The highest BCUT2D eigenvalue weighted by Gasteiger charge is 2.24. The van der Waals surface area contributed by atoms with Gasteiger partial charge in [-0.05, 0) is 58.3 Å². The van der Waals surface area contributed by atoms with Gasteiger partial charge in [-0.3, -0.25) is 19.2 Å². The number of hydrogen-bond acceptors (Lipinski definition) is 4. The maximum absolute atomic E-state index is 12.6. The van der Waals surface area contributed by atoms with E-state index in [4.69, 9.17) is 0 Å². The van der Waals surface area contributed by atoms with Gasteiger partial charge in [0.05, 0.1) is 0 Å². The first-order chi connectivity index (χ1) is 27.4. The first-order valence-electron chi connectivity index (χ1n) is 19.7. The summed E-state index contributed by atoms with van der Waals surface area (Å²) in [4.78, 5) is 61.9. The third kappa shape index (κ3) is 7.43. The van der Waals surface area contributed by atoms with Crippen LogP contribution in [0.15, 0.2) is 128 Å². The smallest absolute Gasteiger partial charge is 0.256 e. The molecule has 0 atom stereocenters. The Balaban J connectivity index is 0.000000182. The molecule has 8 nitrogen and oxygen atoms in total. The minimum Gasteiger partial charge on any atom is -0.322 e. The van der Waals surface area contributed by atoms with Gasteiger partial charge in [-0.2, -0.15) is 0 Å². The Kier molecular flexibility index (Phi) is 13.2. The molecule has 4 N–H and O–H groups in total. The molecule has 0 spiro atoms. The molecule has 0 amide bonds. The molecule has 0 unspecified atom stereocenters. The van der Waals surface area contributed by atoms with Crippen LogP contribution in [0.5, 0.6) is 0 Å². The Bertz CT molecular complexity index is 2850. The van der Waals surface area contributed by atoms with Crippen LogP contribution < -0.4 is 22.2 Å². The number of hydrogen-bond donors (Lipinski definition) is 4. The molecule has 5 aromatic carbocycles. The summed E-state index contributed by atoms with van der Waals surface area (Å²) in [5, 5.41) is 6.68. The summed E-state index contributed by atoms with van der Waals surface area (Å²) in [5.41, 5.74) is 6.28. The summed E-state index contributed by atoms with van der Waals surface area (Å²) < 4.78 is 0. The predicted octanol–water partition coefficient (Wildman–Crippen LogP) is 10.6. The predicted molar refractivity (Wildman–Crippen MR) is 238 cm³/mol. The number of rotatable bonds is 0. The molecule has 9 aromatic rings. The fourth-order valence-corrected chi connectivity index (χ4v) is 7.29. The Morgan fingerprint density at radius 3 is 0.911 bits per heavy atom. The third-order valence-corrected chi connectivity index (χ3v) is 9.56. The van der Waals surface area contributed by atoms with E-state index >= 15 is 0 Å². The van der Waals surface area contributed by atoms with Gasteiger partial charge in [0.2, 0.25) is 0 Å². The molecule has 0 saturated carbocycles. The maximum atomic E-state index is 12.6. The Labute approximate surface area is 325 Å². The summed E-state index contributed by atoms with van der Waals surface area (Å²) in [6.45, 7) is 16.0. The maximum Gasteiger partial charge on any atom is 0.256 e. The van der Waals surface area contributed by atoms with E-state index < -0.39 is 0 Å². The number of nitrogens with one attached hydrogen (secondary N) is 4. The van der Waals surface area contributed by atoms with E-state index in [1.54, 1.807) is 0 Å². The van der Waals surface area contributed by atoms with Crippen LogP contribution in [-0.2, 0) is 12.8 Å². The van der Waals surface area contributed by atoms with Gasteiger partial charge in [-0.1, -0.05) is 128 Å². The molecule has 1 aliphatic carbocycles. The molecule has 10 rings (SSSR count). The standard InChI is InChI=1S/C20H14N2O2.C20H12N2O2.4C2H6/c2*23-19-15-10-14-12-6-2-4-8-18(12)22-20(24)16(14)9-13(15)11-5-1-3-7-17(11)21-19;4*1-2/h1-8H,9-10H2,(H,21,23)(H,22,24);1-10H,(H,21,23)(H,22,24);4*1-2H3. The number of benzene rings is 5. The highest BCUT2D eigenvalue weighted by molar-refractivity contribution is 6.15. The minimum atomic E-state index is -0.144. The van der Waals surface area contributed by atoms with Crippen molar-refractivity contribution in [3.63, 3.8) is 0 Å². The Hall–Kier alpha value is -6.54. The number of fused-ring (bicyclic) bond motifs is 12. The van der Waals surface area contributed by atoms with Crippen LogP contribution in [0.4, 0.5) is 0 Å². The zero-order valence-electron chi connectivity index (χ0n) is 33.4. The molecule has 0 bridgehead atoms. The highest BCUT2D eigenvalue weighted by Crippen LogP contribution is 2.32. The van der Waals surface area contributed by atoms with Crippen molar-refractivity contribution in [2.45, 2.75) is 68.2 Å². The molecule has 0 radical (unpaired) electrons. The Morgan fingerprint density at radius 1 is 0.304 bits per heavy atom. The van der Waals surface area contributed by atoms with Crippen molar-refractivity contribution in [1.29, 1.82) is 0 Å². The largest absolute Gasteiger partial charge is 0.322 e. The van der Waals surface area contributed by atoms with Crippen LogP contribution in [0.1, 0.15) is 77.6 Å². The molecule has 56 heavy (non-hydrogen) atoms. The number of pyridine rings is 4. The summed E-state index contributed by atoms with van der Waals surface area (Å²) >= 11 is 0. The van der Waals surface area contributed by atoms with Crippen molar-refractivity contribution in [1.82, 2.24) is 19.9 Å². The zero-order chi connectivity index (χ0) is 40.5. The molecule has 8 heteroatoms. The van der Waals surface area contributed by atoms with E-state index in [0.717, 1.165) is 76.6 Å². The van der Waals surface area contributed by atoms with E-state index in [1.165, 1.54) is 0 Å². The first-order valence-corrected chi connectivity index (χ1v) is 19.7. The van der Waals surface area contributed by atoms with Gasteiger partial charge in [-0.25, -0.2) is 0 Å². The number of aromatic amines is 4. The molecule has 0 saturated heterocycles. The van der Waals surface area contributed by atoms with Crippen molar-refractivity contribution in [3.8, 4) is 0 Å². The monoisotopic (exact) mass is 746 g/mol. The lowest BCUT2D eigenvalue weighted by Gasteiger charge is -2.21. The molecule has 0 aliphatic heterocycles. The van der Waals surface area contributed by atoms with Gasteiger partial charge < -0.3 is 19.9 Å². The van der Waals surface area contributed by atoms with Gasteiger partial charge in [-0.15, -0.1) is 0 Å². The van der Waals surface area contributed by atoms with Crippen molar-refractivity contribution in [3.05, 3.63) is 173 Å². The quantitative estimate of drug-likeness (QED) is 0.0908. The molecular formula is C48H50N4O4. The normalized spacial score (nSPS) is 11.0. The van der Waals surface area contributed by atoms with Crippen molar-refractivity contribution < 1.29 is 0 Å². The second-order valence-electron chi connectivity index (χ2n) is 12.2. The lowest BCUT2D eigenvalue weighted by molar-refractivity contribution is 0.963. The number of aromatic nitrogens is 4. The van der Waals surface area contributed by atoms with Gasteiger partial charge in [0.15, 0.2) is 0 Å². The van der Waals surface area contributed by atoms with Gasteiger partial charge in [0, 0.05) is 78.4 Å². The van der Waals surface area contributed by atoms with Crippen molar-refractivity contribution in [2.24, 2.45) is 0 Å². The summed E-state index contributed by atoms with van der Waals surface area (Å²) in [6.07, 6.45) is 0.991. The van der Waals surface area contributed by atoms with Gasteiger partial charge in [0.1, 0.15) is 0 Å². The van der Waals surface area contributed by atoms with Crippen LogP contribution in [0.25, 0.3) is 65.2 Å². The van der Waals surface area contributed by atoms with Crippen molar-refractivity contribution >= 4 is 65.2 Å². The molecule has 4 aromatic heterocycles. The van der Waals surface area contributed by atoms with E-state index in [9.17, 15) is 19.2 Å². The zero-order valence-corrected chi connectivity index (χ0v) is 33.4. The second kappa shape index (κ2) is 18.2. The Morgan fingerprint density at radius 2 is 0.571 bits per heavy atom. The van der Waals surface area contributed by atoms with E-state index in [-0.39, 0.29) is 22.2 Å². The van der Waals surface area contributed by atoms with Gasteiger partial charge in [0.25, 0.3) is 22.2 Å². The summed E-state index contributed by atoms with van der Waals surface area (Å²) in [6, 6.07) is 34.4. The second-order valence-corrected chi connectivity index (χ2v) is 12.2. The van der Waals surface area contributed by atoms with Crippen LogP contribution in [0.3, 0.4) is 0 Å². The fraction of sp³-hybridized carbons (Fsp3) is 0.208. The lowest BCUT2D eigenvalue weighted by atomic mass is 9.84. The first kappa shape index (κ1) is 40.6. The average molecular weight is 747 g/mol. The van der Waals surface area contributed by atoms with Crippen LogP contribution >= 0.6 is 0 Å². The topological polar surface area (TPSA) is 131 Å². The minimum absolute atomic E-state index is 0.0567. The van der Waals surface area contributed by atoms with Crippen LogP contribution in [-0.4, -0.2) is 19.9 Å². The fourth-order valence-electron chi connectivity index (χ4n) is 7.29. The number of H-pyrrole nitrogens is 4. The summed E-state index contributed by atoms with van der Waals surface area (Å²) in [7, 11) is 0.